The topological polar surface area (TPSA) is 241 Å². The maximum atomic E-state index is 16.5. The summed E-state index contributed by atoms with van der Waals surface area (Å²) in [5.41, 5.74) is -0.142. The number of amides is 7. The largest absolute Gasteiger partial charge is 0.544 e. The molecule has 544 valence electrons. The summed E-state index contributed by atoms with van der Waals surface area (Å²) in [6.07, 6.45) is -4.01. The molecule has 11 atom stereocenters. The van der Waals surface area contributed by atoms with Crippen LogP contribution in [-0.2, 0) is 57.6 Å². The van der Waals surface area contributed by atoms with Crippen molar-refractivity contribution in [2.24, 2.45) is 11.8 Å². The maximum Gasteiger partial charge on any atom is 0.408 e. The highest BCUT2D eigenvalue weighted by molar-refractivity contribution is 6.76. The lowest BCUT2D eigenvalue weighted by molar-refractivity contribution is -0.146. The van der Waals surface area contributed by atoms with Crippen LogP contribution in [0.15, 0.2) is 24.3 Å². The molecular formula is C70H131N7O13Si5. The molecular weight excluding hydrogens is 1290 g/mol. The van der Waals surface area contributed by atoms with Crippen LogP contribution in [0.25, 0.3) is 0 Å². The predicted molar refractivity (Wildman–Crippen MR) is 393 cm³/mol. The molecule has 3 fully saturated rings. The van der Waals surface area contributed by atoms with E-state index >= 15 is 24.0 Å². The monoisotopic (exact) mass is 1420 g/mol. The first-order valence-electron chi connectivity index (χ1n) is 34.9. The van der Waals surface area contributed by atoms with E-state index in [0.717, 1.165) is 5.56 Å². The van der Waals surface area contributed by atoms with Gasteiger partial charge in [-0.1, -0.05) is 137 Å². The Bertz CT molecular complexity index is 2850. The number of alkyl carbamates (subject to hydrolysis) is 1. The molecule has 95 heavy (non-hydrogen) atoms. The Morgan fingerprint density at radius 2 is 1.04 bits per heavy atom. The van der Waals surface area contributed by atoms with Crippen molar-refractivity contribution in [3.63, 3.8) is 0 Å². The number of hydrogen-bond donors (Lipinski definition) is 5. The quantitative estimate of drug-likeness (QED) is 0.0969. The van der Waals surface area contributed by atoms with Gasteiger partial charge in [0.1, 0.15) is 47.6 Å². The van der Waals surface area contributed by atoms with Crippen molar-refractivity contribution in [1.29, 1.82) is 0 Å². The molecule has 3 aliphatic rings. The van der Waals surface area contributed by atoms with E-state index in [9.17, 15) is 9.59 Å². The summed E-state index contributed by atoms with van der Waals surface area (Å²) >= 11 is 0. The van der Waals surface area contributed by atoms with Crippen molar-refractivity contribution in [2.75, 3.05) is 19.6 Å². The second-order valence-electron chi connectivity index (χ2n) is 36.5. The van der Waals surface area contributed by atoms with Crippen LogP contribution in [0.3, 0.4) is 0 Å². The fourth-order valence-electron chi connectivity index (χ4n) is 10.7. The predicted octanol–water partition coefficient (Wildman–Crippen LogP) is 12.6. The van der Waals surface area contributed by atoms with Crippen molar-refractivity contribution in [3.05, 3.63) is 29.8 Å². The molecule has 20 nitrogen and oxygen atoms in total. The van der Waals surface area contributed by atoms with E-state index in [4.69, 9.17) is 26.9 Å². The molecule has 0 aromatic heterocycles. The first kappa shape index (κ1) is 83.5. The minimum Gasteiger partial charge on any atom is -0.544 e. The van der Waals surface area contributed by atoms with Crippen LogP contribution in [0.1, 0.15) is 177 Å². The van der Waals surface area contributed by atoms with Gasteiger partial charge in [-0.2, -0.15) is 0 Å². The molecule has 3 heterocycles. The number of carbonyl (C=O) groups excluding carboxylic acids is 7. The van der Waals surface area contributed by atoms with Gasteiger partial charge in [-0.05, 0) is 161 Å². The van der Waals surface area contributed by atoms with Crippen molar-refractivity contribution in [3.8, 4) is 5.75 Å². The minimum atomic E-state index is -2.92. The molecule has 1 aromatic carbocycles. The summed E-state index contributed by atoms with van der Waals surface area (Å²) in [5, 5.41) is 13.9. The summed E-state index contributed by atoms with van der Waals surface area (Å²) in [7, 11) is -13.2. The number of ether oxygens (including phenoxy) is 1. The molecule has 25 heteroatoms. The zero-order valence-electron chi connectivity index (χ0n) is 64.9. The average Bonchev–Trinajstić information content (AvgIpc) is 1.67. The van der Waals surface area contributed by atoms with Gasteiger partial charge in [0, 0.05) is 32.0 Å². The Balaban J connectivity index is 2.16. The van der Waals surface area contributed by atoms with Gasteiger partial charge < -0.3 is 63.3 Å². The third-order valence-corrected chi connectivity index (χ3v) is 44.3. The third-order valence-electron chi connectivity index (χ3n) is 21.9. The highest BCUT2D eigenvalue weighted by atomic mass is 28.4. The van der Waals surface area contributed by atoms with E-state index in [2.05, 4.69) is 196 Å². The van der Waals surface area contributed by atoms with Gasteiger partial charge in [0.2, 0.25) is 43.8 Å². The summed E-state index contributed by atoms with van der Waals surface area (Å²) in [6.45, 7) is 65.5. The summed E-state index contributed by atoms with van der Waals surface area (Å²) in [6, 6.07) is -0.111. The Hall–Kier alpha value is -3.97. The summed E-state index contributed by atoms with van der Waals surface area (Å²) in [4.78, 5) is 112. The van der Waals surface area contributed by atoms with Crippen molar-refractivity contribution in [2.45, 2.75) is 335 Å². The molecule has 3 saturated heterocycles. The van der Waals surface area contributed by atoms with Crippen molar-refractivity contribution >= 4 is 83.1 Å². The van der Waals surface area contributed by atoms with Crippen molar-refractivity contribution < 1.29 is 60.4 Å². The fraction of sp³-hybridized carbons (Fsp3) is 0.814. The van der Waals surface area contributed by atoms with Crippen LogP contribution in [0.5, 0.6) is 5.75 Å². The third kappa shape index (κ3) is 21.5. The molecule has 0 radical (unpaired) electrons. The molecule has 0 aliphatic carbocycles. The number of fused-ring (bicyclic) bond motifs is 2. The second-order valence-corrected chi connectivity index (χ2v) is 60.3. The van der Waals surface area contributed by atoms with Gasteiger partial charge in [0.05, 0.1) is 24.4 Å². The smallest absolute Gasteiger partial charge is 0.408 e. The average molecular weight is 1420 g/mol. The van der Waals surface area contributed by atoms with Crippen LogP contribution in [0.4, 0.5) is 4.79 Å². The number of carbonyl (C=O) groups is 7. The standard InChI is InChI=1S/C70H131N7O13Si5/c1-44(2)53-62(82)76-43-49(88-93(27,28)68(14,15)16)41-51(76)59(79)75-55(52(89-94(29,30)69(17,18)19)40-47-35-37-48(38-36-47)87-92(25,26)67(11,12)13)60(80)74-54(46(4)86-91(23,24)66(8,9)10)63(83)77-42-45(3)57(90-95(31,32)70(20,21)22)56(77)61(81)71-39-33-34-50(58(78)73-53)72-64(84)85-65(5,6)7/h35-38,44-46,49-57H,33-34,39-43H2,1-32H3,(H,71,81)(H,72,84)(H,73,78)(H,74,80)(H,75,79)/t45-,46?,49+,50-,51-,52+,53-,54-,55-,56-,57-/m0/s1. The van der Waals surface area contributed by atoms with Crippen molar-refractivity contribution in [1.82, 2.24) is 36.4 Å². The lowest BCUT2D eigenvalue weighted by Gasteiger charge is -2.43. The molecule has 0 spiro atoms. The Morgan fingerprint density at radius 1 is 0.568 bits per heavy atom. The van der Waals surface area contributed by atoms with E-state index in [1.165, 1.54) is 9.80 Å². The normalized spacial score (nSPS) is 25.4. The molecule has 3 aliphatic heterocycles. The SMILES string of the molecule is CC(C)[C@@H]1NC(=O)[C@@H](NC(=O)OC(C)(C)C)CCCNC(=O)[C@@H]2[C@@H](O[Si](C)(C)C(C)(C)C)[C@@H](C)CN2C(=O)[C@H](C(C)O[Si](C)(C)C(C)(C)C)NC(=O)[C@H]([C@@H](Cc2ccc(O[Si](C)(C)C(C)(C)C)cc2)O[Si](C)(C)C(C)(C)C)NC(=O)[C@@H]2C[C@@H](O[Si](C)(C)C(C)(C)C)CN2C1=O. The van der Waals surface area contributed by atoms with E-state index in [1.54, 1.807) is 41.5 Å². The molecule has 0 bridgehead atoms. The van der Waals surface area contributed by atoms with Gasteiger partial charge in [-0.3, -0.25) is 28.8 Å². The number of rotatable bonds is 16. The number of nitrogens with zero attached hydrogens (tertiary/aromatic N) is 2. The van der Waals surface area contributed by atoms with Crippen LogP contribution >= 0.6 is 0 Å². The Morgan fingerprint density at radius 3 is 1.54 bits per heavy atom. The van der Waals surface area contributed by atoms with Gasteiger partial charge >= 0.3 is 6.09 Å². The van der Waals surface area contributed by atoms with Crippen LogP contribution in [-0.4, -0.2) is 179 Å². The molecule has 1 aromatic rings. The number of nitrogens with one attached hydrogen (secondary N) is 5. The number of hydrogen-bond acceptors (Lipinski definition) is 13. The van der Waals surface area contributed by atoms with E-state index in [-0.39, 0.29) is 71.4 Å². The molecule has 4 rings (SSSR count). The van der Waals surface area contributed by atoms with Gasteiger partial charge in [-0.15, -0.1) is 0 Å². The number of benzene rings is 1. The van der Waals surface area contributed by atoms with Gasteiger partial charge in [0.25, 0.3) is 0 Å². The maximum absolute atomic E-state index is 16.5. The fourth-order valence-corrected chi connectivity index (χ4v) is 17.3. The zero-order valence-corrected chi connectivity index (χ0v) is 69.9. The van der Waals surface area contributed by atoms with Gasteiger partial charge in [-0.25, -0.2) is 4.79 Å². The highest BCUT2D eigenvalue weighted by Crippen LogP contribution is 2.44. The molecule has 1 unspecified atom stereocenters. The van der Waals surface area contributed by atoms with E-state index in [1.807, 2.05) is 31.2 Å². The second kappa shape index (κ2) is 30.5. The summed E-state index contributed by atoms with van der Waals surface area (Å²) in [5.74, 6) is -3.94. The van der Waals surface area contributed by atoms with Crippen LogP contribution < -0.4 is 31.0 Å². The minimum absolute atomic E-state index is 0.0000867. The van der Waals surface area contributed by atoms with Gasteiger partial charge in [0.15, 0.2) is 33.3 Å². The lowest BCUT2D eigenvalue weighted by atomic mass is 9.99. The van der Waals surface area contributed by atoms with Crippen LogP contribution in [0.2, 0.25) is 90.7 Å². The zero-order chi connectivity index (χ0) is 73.3. The Labute approximate surface area is 578 Å². The Kier molecular flexibility index (Phi) is 26.8. The van der Waals surface area contributed by atoms with E-state index < -0.39 is 160 Å². The summed E-state index contributed by atoms with van der Waals surface area (Å²) < 4.78 is 41.3. The highest BCUT2D eigenvalue weighted by Gasteiger charge is 2.55. The lowest BCUT2D eigenvalue weighted by Crippen LogP contribution is -2.65. The molecule has 7 amide bonds. The first-order valence-corrected chi connectivity index (χ1v) is 49.5. The first-order chi connectivity index (χ1) is 42.7. The van der Waals surface area contributed by atoms with E-state index in [0.29, 0.717) is 5.75 Å². The molecule has 5 N–H and O–H groups in total. The molecule has 0 saturated carbocycles. The van der Waals surface area contributed by atoms with Crippen LogP contribution in [0, 0.1) is 11.8 Å².